The molecule has 0 radical (unpaired) electrons. The minimum absolute atomic E-state index is 0.0368. The molecule has 2 unspecified atom stereocenters. The number of hydrogen-bond donors (Lipinski definition) is 4. The maximum atomic E-state index is 14.5. The molecule has 1 aromatic rings. The lowest BCUT2D eigenvalue weighted by Gasteiger charge is -2.39. The number of piperidine rings is 1. The van der Waals surface area contributed by atoms with E-state index >= 15 is 0 Å². The highest BCUT2D eigenvalue weighted by atomic mass is 19.1. The van der Waals surface area contributed by atoms with Crippen LogP contribution in [-0.4, -0.2) is 46.1 Å². The second-order valence-corrected chi connectivity index (χ2v) is 4.99. The number of anilines is 1. The number of carboxylic acid groups (broad SMARTS) is 1. The molecule has 22 heavy (non-hydrogen) atoms. The Balaban J connectivity index is 2.50. The number of halogens is 1. The Morgan fingerprint density at radius 3 is 3.00 bits per heavy atom. The van der Waals surface area contributed by atoms with Crippen molar-refractivity contribution in [3.05, 3.63) is 11.8 Å². The standard InChI is InChI=1S/C12H15FN6O3/c13-8-5-16-4-2-12(8,1-3-14)19-6-7(9(15)20)10(18-19)17-11(21)22/h6,8,16H,1-2,4-5H2,(H2,15,20)(H,17,18)(H,21,22). The maximum Gasteiger partial charge on any atom is 0.410 e. The summed E-state index contributed by atoms with van der Waals surface area (Å²) in [7, 11) is 0. The molecule has 1 fully saturated rings. The number of nitrogens with zero attached hydrogens (tertiary/aromatic N) is 3. The van der Waals surface area contributed by atoms with Gasteiger partial charge in [-0.05, 0) is 13.0 Å². The molecule has 2 rings (SSSR count). The van der Waals surface area contributed by atoms with Crippen molar-refractivity contribution < 1.29 is 19.1 Å². The van der Waals surface area contributed by atoms with Crippen LogP contribution in [0.5, 0.6) is 0 Å². The quantitative estimate of drug-likeness (QED) is 0.616. The molecule has 10 heteroatoms. The highest BCUT2D eigenvalue weighted by Crippen LogP contribution is 2.34. The average molecular weight is 310 g/mol. The van der Waals surface area contributed by atoms with E-state index in [2.05, 4.69) is 10.4 Å². The maximum absolute atomic E-state index is 14.5. The van der Waals surface area contributed by atoms with Crippen LogP contribution in [0.3, 0.4) is 0 Å². The average Bonchev–Trinajstić information content (AvgIpc) is 2.85. The number of nitriles is 1. The van der Waals surface area contributed by atoms with Crippen molar-refractivity contribution in [3.63, 3.8) is 0 Å². The van der Waals surface area contributed by atoms with Gasteiger partial charge in [-0.15, -0.1) is 0 Å². The van der Waals surface area contributed by atoms with Crippen LogP contribution in [0.4, 0.5) is 15.0 Å². The van der Waals surface area contributed by atoms with Gasteiger partial charge in [-0.3, -0.25) is 14.8 Å². The Labute approximate surface area is 124 Å². The molecular formula is C12H15FN6O3. The van der Waals surface area contributed by atoms with E-state index in [1.54, 1.807) is 0 Å². The van der Waals surface area contributed by atoms with Crippen LogP contribution in [0.15, 0.2) is 6.20 Å². The zero-order chi connectivity index (χ0) is 16.3. The van der Waals surface area contributed by atoms with Gasteiger partial charge in [0.1, 0.15) is 17.3 Å². The summed E-state index contributed by atoms with van der Waals surface area (Å²) >= 11 is 0. The third-order valence-electron chi connectivity index (χ3n) is 3.69. The fraction of sp³-hybridized carbons (Fsp3) is 0.500. The van der Waals surface area contributed by atoms with E-state index in [0.29, 0.717) is 6.54 Å². The Morgan fingerprint density at radius 2 is 2.45 bits per heavy atom. The summed E-state index contributed by atoms with van der Waals surface area (Å²) in [5.41, 5.74) is 3.75. The van der Waals surface area contributed by atoms with Crippen molar-refractivity contribution in [1.82, 2.24) is 15.1 Å². The Bertz CT molecular complexity index is 639. The molecule has 0 spiro atoms. The molecule has 1 aliphatic rings. The van der Waals surface area contributed by atoms with E-state index in [4.69, 9.17) is 16.1 Å². The number of rotatable bonds is 4. The number of amides is 2. The predicted molar refractivity (Wildman–Crippen MR) is 73.0 cm³/mol. The van der Waals surface area contributed by atoms with Crippen LogP contribution >= 0.6 is 0 Å². The van der Waals surface area contributed by atoms with Gasteiger partial charge in [-0.25, -0.2) is 9.18 Å². The molecule has 118 valence electrons. The van der Waals surface area contributed by atoms with E-state index in [1.165, 1.54) is 6.20 Å². The summed E-state index contributed by atoms with van der Waals surface area (Å²) in [5.74, 6) is -1.17. The van der Waals surface area contributed by atoms with Crippen molar-refractivity contribution in [2.24, 2.45) is 5.73 Å². The number of aromatic nitrogens is 2. The summed E-state index contributed by atoms with van der Waals surface area (Å²) in [6, 6.07) is 1.92. The first-order valence-electron chi connectivity index (χ1n) is 6.52. The van der Waals surface area contributed by atoms with Crippen LogP contribution in [0, 0.1) is 11.3 Å². The van der Waals surface area contributed by atoms with Gasteiger partial charge < -0.3 is 16.2 Å². The molecule has 9 nitrogen and oxygen atoms in total. The normalized spacial score (nSPS) is 24.5. The second-order valence-electron chi connectivity index (χ2n) is 4.99. The smallest absolute Gasteiger partial charge is 0.410 e. The van der Waals surface area contributed by atoms with Gasteiger partial charge in [-0.1, -0.05) is 0 Å². The number of nitrogens with one attached hydrogen (secondary N) is 2. The van der Waals surface area contributed by atoms with E-state index in [0.717, 1.165) is 4.68 Å². The van der Waals surface area contributed by atoms with Crippen LogP contribution in [0.1, 0.15) is 23.2 Å². The van der Waals surface area contributed by atoms with E-state index in [1.807, 2.05) is 11.4 Å². The van der Waals surface area contributed by atoms with Crippen molar-refractivity contribution in [2.75, 3.05) is 18.4 Å². The van der Waals surface area contributed by atoms with Crippen LogP contribution < -0.4 is 16.4 Å². The second kappa shape index (κ2) is 5.98. The van der Waals surface area contributed by atoms with E-state index < -0.39 is 23.7 Å². The number of carbonyl (C=O) groups is 2. The van der Waals surface area contributed by atoms with Gasteiger partial charge in [0.2, 0.25) is 0 Å². The number of primary amides is 1. The molecule has 1 saturated heterocycles. The van der Waals surface area contributed by atoms with Crippen molar-refractivity contribution in [1.29, 1.82) is 5.26 Å². The number of carbonyl (C=O) groups excluding carboxylic acids is 1. The first kappa shape index (κ1) is 15.7. The lowest BCUT2D eigenvalue weighted by molar-refractivity contribution is 0.0684. The van der Waals surface area contributed by atoms with Crippen molar-refractivity contribution in [2.45, 2.75) is 24.6 Å². The zero-order valence-electron chi connectivity index (χ0n) is 11.5. The fourth-order valence-corrected chi connectivity index (χ4v) is 2.53. The minimum Gasteiger partial charge on any atom is -0.465 e. The third-order valence-corrected chi connectivity index (χ3v) is 3.69. The van der Waals surface area contributed by atoms with E-state index in [9.17, 15) is 14.0 Å². The minimum atomic E-state index is -1.43. The van der Waals surface area contributed by atoms with Gasteiger partial charge in [0, 0.05) is 12.7 Å². The number of alkyl halides is 1. The van der Waals surface area contributed by atoms with Gasteiger partial charge >= 0.3 is 6.09 Å². The molecule has 1 aliphatic heterocycles. The molecule has 1 aromatic heterocycles. The number of nitrogens with two attached hydrogens (primary N) is 1. The van der Waals surface area contributed by atoms with Gasteiger partial charge in [-0.2, -0.15) is 10.4 Å². The molecule has 5 N–H and O–H groups in total. The Kier molecular flexibility index (Phi) is 4.27. The fourth-order valence-electron chi connectivity index (χ4n) is 2.53. The largest absolute Gasteiger partial charge is 0.465 e. The summed E-state index contributed by atoms with van der Waals surface area (Å²) in [6.45, 7) is 0.505. The molecule has 2 amide bonds. The van der Waals surface area contributed by atoms with Gasteiger partial charge in [0.25, 0.3) is 5.91 Å². The zero-order valence-corrected chi connectivity index (χ0v) is 11.5. The molecule has 0 saturated carbocycles. The van der Waals surface area contributed by atoms with Crippen molar-refractivity contribution >= 4 is 17.8 Å². The SMILES string of the molecule is N#CCC1(n2cc(C(N)=O)c(NC(=O)O)n2)CCNCC1F. The summed E-state index contributed by atoms with van der Waals surface area (Å²) in [6.07, 6.45) is -1.55. The summed E-state index contributed by atoms with van der Waals surface area (Å²) < 4.78 is 15.6. The molecular weight excluding hydrogens is 295 g/mol. The Hall–Kier alpha value is -2.67. The first-order valence-corrected chi connectivity index (χ1v) is 6.52. The van der Waals surface area contributed by atoms with Crippen LogP contribution in [0.25, 0.3) is 0 Å². The predicted octanol–water partition coefficient (Wildman–Crippen LogP) is 0.0123. The molecule has 0 aliphatic carbocycles. The molecule has 2 heterocycles. The monoisotopic (exact) mass is 310 g/mol. The number of hydrogen-bond acceptors (Lipinski definition) is 5. The van der Waals surface area contributed by atoms with Crippen LogP contribution in [-0.2, 0) is 5.54 Å². The third kappa shape index (κ3) is 2.71. The van der Waals surface area contributed by atoms with Gasteiger partial charge in [0.15, 0.2) is 5.82 Å². The van der Waals surface area contributed by atoms with E-state index in [-0.39, 0.29) is 30.8 Å². The highest BCUT2D eigenvalue weighted by Gasteiger charge is 2.44. The Morgan fingerprint density at radius 1 is 1.73 bits per heavy atom. The van der Waals surface area contributed by atoms with Crippen molar-refractivity contribution in [3.8, 4) is 6.07 Å². The summed E-state index contributed by atoms with van der Waals surface area (Å²) in [4.78, 5) is 22.2. The lowest BCUT2D eigenvalue weighted by atomic mass is 9.84. The topological polar surface area (TPSA) is 146 Å². The lowest BCUT2D eigenvalue weighted by Crippen LogP contribution is -2.53. The first-order chi connectivity index (χ1) is 10.4. The molecule has 2 atom stereocenters. The van der Waals surface area contributed by atoms with Gasteiger partial charge in [0.05, 0.1) is 12.5 Å². The van der Waals surface area contributed by atoms with Crippen LogP contribution in [0.2, 0.25) is 0 Å². The molecule has 0 bridgehead atoms. The summed E-state index contributed by atoms with van der Waals surface area (Å²) in [5, 5.41) is 26.5. The molecule has 0 aromatic carbocycles. The highest BCUT2D eigenvalue weighted by molar-refractivity contribution is 6.00.